The summed E-state index contributed by atoms with van der Waals surface area (Å²) in [6.45, 7) is 9.94. The summed E-state index contributed by atoms with van der Waals surface area (Å²) in [7, 11) is 0. The van der Waals surface area contributed by atoms with Gasteiger partial charge in [-0.3, -0.25) is 4.99 Å². The van der Waals surface area contributed by atoms with E-state index in [-0.39, 0.29) is 35.2 Å². The maximum atomic E-state index is 14.0. The van der Waals surface area contributed by atoms with E-state index in [1.54, 1.807) is 0 Å². The van der Waals surface area contributed by atoms with E-state index in [4.69, 9.17) is 9.73 Å². The molecule has 3 rings (SSSR count). The monoisotopic (exact) mass is 480 g/mol. The summed E-state index contributed by atoms with van der Waals surface area (Å²) in [5, 5.41) is 3.33. The Morgan fingerprint density at radius 2 is 1.92 bits per heavy atom. The molecule has 5 nitrogen and oxygen atoms in total. The van der Waals surface area contributed by atoms with Gasteiger partial charge in [0.2, 0.25) is 0 Å². The Balaban J connectivity index is 0.00000243. The summed E-state index contributed by atoms with van der Waals surface area (Å²) >= 11 is 0. The first-order chi connectivity index (χ1) is 12.0. The third kappa shape index (κ3) is 4.97. The third-order valence-electron chi connectivity index (χ3n) is 4.67. The molecular formula is C18H27F2IN4O. The minimum atomic E-state index is -0.412. The Bertz CT molecular complexity index is 632. The first-order valence-electron chi connectivity index (χ1n) is 8.82. The number of hydrogen-bond acceptors (Lipinski definition) is 3. The van der Waals surface area contributed by atoms with Crippen LogP contribution >= 0.6 is 24.0 Å². The quantitative estimate of drug-likeness (QED) is 0.409. The zero-order valence-corrected chi connectivity index (χ0v) is 17.6. The van der Waals surface area contributed by atoms with Gasteiger partial charge in [-0.1, -0.05) is 6.92 Å². The van der Waals surface area contributed by atoms with E-state index in [0.29, 0.717) is 18.8 Å². The molecule has 2 aliphatic rings. The summed E-state index contributed by atoms with van der Waals surface area (Å²) in [6, 6.07) is 3.60. The normalized spacial score (nSPS) is 19.6. The van der Waals surface area contributed by atoms with Crippen LogP contribution in [-0.2, 0) is 4.74 Å². The fourth-order valence-corrected chi connectivity index (χ4v) is 3.12. The second-order valence-corrected chi connectivity index (χ2v) is 7.04. The Hall–Kier alpha value is -1.16. The van der Waals surface area contributed by atoms with Crippen LogP contribution in [-0.4, -0.2) is 63.3 Å². The van der Waals surface area contributed by atoms with Crippen LogP contribution < -0.4 is 10.2 Å². The van der Waals surface area contributed by atoms with E-state index in [0.717, 1.165) is 51.4 Å². The van der Waals surface area contributed by atoms with Gasteiger partial charge in [0, 0.05) is 44.2 Å². The molecule has 0 saturated carbocycles. The van der Waals surface area contributed by atoms with Gasteiger partial charge in [0.15, 0.2) is 5.96 Å². The summed E-state index contributed by atoms with van der Waals surface area (Å²) in [4.78, 5) is 8.83. The number of anilines is 1. The highest BCUT2D eigenvalue weighted by atomic mass is 127. The second-order valence-electron chi connectivity index (χ2n) is 7.04. The van der Waals surface area contributed by atoms with Crippen LogP contribution in [0.3, 0.4) is 0 Å². The van der Waals surface area contributed by atoms with Gasteiger partial charge in [-0.2, -0.15) is 0 Å². The van der Waals surface area contributed by atoms with Gasteiger partial charge < -0.3 is 19.9 Å². The maximum Gasteiger partial charge on any atom is 0.194 e. The number of nitrogens with zero attached hydrogens (tertiary/aromatic N) is 3. The number of halogens is 3. The van der Waals surface area contributed by atoms with Crippen molar-refractivity contribution in [1.82, 2.24) is 10.2 Å². The number of piperazine rings is 1. The standard InChI is InChI=1S/C18H26F2N4O.HI/c1-3-21-17(22-11-18(2)12-25-13-18)24-8-6-23(7-9-24)16-10-14(19)4-5-15(16)20;/h4-5,10H,3,6-9,11-13H2,1-2H3,(H,21,22);1H. The number of aliphatic imine (C=N–C) groups is 1. The van der Waals surface area contributed by atoms with Gasteiger partial charge in [-0.25, -0.2) is 8.78 Å². The van der Waals surface area contributed by atoms with Crippen molar-refractivity contribution in [2.45, 2.75) is 13.8 Å². The van der Waals surface area contributed by atoms with E-state index < -0.39 is 5.82 Å². The number of nitrogens with one attached hydrogen (secondary N) is 1. The van der Waals surface area contributed by atoms with Gasteiger partial charge in [-0.15, -0.1) is 24.0 Å². The van der Waals surface area contributed by atoms with Crippen LogP contribution in [0.1, 0.15) is 13.8 Å². The molecule has 1 aromatic rings. The second kappa shape index (κ2) is 9.16. The number of hydrogen-bond donors (Lipinski definition) is 1. The highest BCUT2D eigenvalue weighted by Gasteiger charge is 2.33. The van der Waals surface area contributed by atoms with E-state index in [9.17, 15) is 8.78 Å². The van der Waals surface area contributed by atoms with E-state index in [1.807, 2.05) is 11.8 Å². The summed E-state index contributed by atoms with van der Waals surface area (Å²) in [5.74, 6) is 0.0908. The van der Waals surface area contributed by atoms with E-state index >= 15 is 0 Å². The summed E-state index contributed by atoms with van der Waals surface area (Å²) in [6.07, 6.45) is 0. The highest BCUT2D eigenvalue weighted by Crippen LogP contribution is 2.27. The number of rotatable bonds is 4. The van der Waals surface area contributed by atoms with Crippen LogP contribution in [0.2, 0.25) is 0 Å². The zero-order chi connectivity index (χ0) is 17.9. The first-order valence-corrected chi connectivity index (χ1v) is 8.82. The van der Waals surface area contributed by atoms with Crippen LogP contribution in [0.25, 0.3) is 0 Å². The van der Waals surface area contributed by atoms with Crippen molar-refractivity contribution in [2.24, 2.45) is 10.4 Å². The molecule has 0 unspecified atom stereocenters. The fourth-order valence-electron chi connectivity index (χ4n) is 3.12. The molecular weight excluding hydrogens is 453 g/mol. The molecule has 0 radical (unpaired) electrons. The molecule has 0 aliphatic carbocycles. The number of benzene rings is 1. The van der Waals surface area contributed by atoms with Crippen LogP contribution in [0.15, 0.2) is 23.2 Å². The molecule has 0 spiro atoms. The van der Waals surface area contributed by atoms with E-state index in [2.05, 4.69) is 17.1 Å². The van der Waals surface area contributed by atoms with Crippen LogP contribution in [0.5, 0.6) is 0 Å². The summed E-state index contributed by atoms with van der Waals surface area (Å²) < 4.78 is 32.7. The lowest BCUT2D eigenvalue weighted by Gasteiger charge is -2.39. The van der Waals surface area contributed by atoms with Crippen molar-refractivity contribution >= 4 is 35.6 Å². The average Bonchev–Trinajstić information content (AvgIpc) is 2.59. The predicted octanol–water partition coefficient (Wildman–Crippen LogP) is 2.71. The van der Waals surface area contributed by atoms with Gasteiger partial charge in [0.05, 0.1) is 25.4 Å². The summed E-state index contributed by atoms with van der Waals surface area (Å²) in [5.41, 5.74) is 0.466. The van der Waals surface area contributed by atoms with Crippen molar-refractivity contribution in [1.29, 1.82) is 0 Å². The zero-order valence-electron chi connectivity index (χ0n) is 15.3. The van der Waals surface area contributed by atoms with Gasteiger partial charge in [0.25, 0.3) is 0 Å². The molecule has 2 heterocycles. The van der Waals surface area contributed by atoms with Crippen molar-refractivity contribution in [2.75, 3.05) is 57.4 Å². The number of guanidine groups is 1. The topological polar surface area (TPSA) is 40.1 Å². The highest BCUT2D eigenvalue weighted by molar-refractivity contribution is 14.0. The smallest absolute Gasteiger partial charge is 0.194 e. The van der Waals surface area contributed by atoms with Gasteiger partial charge in [-0.05, 0) is 19.1 Å². The van der Waals surface area contributed by atoms with Crippen molar-refractivity contribution in [3.05, 3.63) is 29.8 Å². The Labute approximate surface area is 170 Å². The molecule has 2 saturated heterocycles. The molecule has 1 N–H and O–H groups in total. The Morgan fingerprint density at radius 3 is 2.50 bits per heavy atom. The third-order valence-corrected chi connectivity index (χ3v) is 4.67. The van der Waals surface area contributed by atoms with Crippen LogP contribution in [0.4, 0.5) is 14.5 Å². The van der Waals surface area contributed by atoms with Crippen LogP contribution in [0, 0.1) is 17.0 Å². The molecule has 146 valence electrons. The SMILES string of the molecule is CCNC(=NCC1(C)COC1)N1CCN(c2cc(F)ccc2F)CC1.I. The molecule has 1 aromatic carbocycles. The Kier molecular flexibility index (Phi) is 7.45. The Morgan fingerprint density at radius 1 is 1.23 bits per heavy atom. The molecule has 2 fully saturated rings. The largest absolute Gasteiger partial charge is 0.380 e. The van der Waals surface area contributed by atoms with E-state index in [1.165, 1.54) is 12.1 Å². The average molecular weight is 480 g/mol. The lowest BCUT2D eigenvalue weighted by atomic mass is 9.89. The van der Waals surface area contributed by atoms with Crippen molar-refractivity contribution in [3.63, 3.8) is 0 Å². The molecule has 26 heavy (non-hydrogen) atoms. The molecule has 0 amide bonds. The molecule has 0 aromatic heterocycles. The minimum Gasteiger partial charge on any atom is -0.380 e. The molecule has 2 aliphatic heterocycles. The molecule has 0 bridgehead atoms. The fraction of sp³-hybridized carbons (Fsp3) is 0.611. The molecule has 8 heteroatoms. The van der Waals surface area contributed by atoms with Crippen molar-refractivity contribution in [3.8, 4) is 0 Å². The maximum absolute atomic E-state index is 14.0. The lowest BCUT2D eigenvalue weighted by Crippen LogP contribution is -2.53. The number of ether oxygens (including phenoxy) is 1. The lowest BCUT2D eigenvalue weighted by molar-refractivity contribution is -0.0946. The first kappa shape index (κ1) is 21.1. The van der Waals surface area contributed by atoms with Gasteiger partial charge >= 0.3 is 0 Å². The van der Waals surface area contributed by atoms with Crippen molar-refractivity contribution < 1.29 is 13.5 Å². The predicted molar refractivity (Wildman–Crippen MR) is 110 cm³/mol. The van der Waals surface area contributed by atoms with Gasteiger partial charge in [0.1, 0.15) is 11.6 Å². The minimum absolute atomic E-state index is 0. The molecule has 0 atom stereocenters.